The molecule has 0 radical (unpaired) electrons. The first kappa shape index (κ1) is 27.5. The summed E-state index contributed by atoms with van der Waals surface area (Å²) in [7, 11) is 0. The Morgan fingerprint density at radius 3 is 1.70 bits per heavy atom. The summed E-state index contributed by atoms with van der Waals surface area (Å²) in [5.74, 6) is 2.41. The summed E-state index contributed by atoms with van der Waals surface area (Å²) in [4.78, 5) is 4.92. The average molecular weight is 438 g/mol. The van der Waals surface area contributed by atoms with Crippen LogP contribution in [0.2, 0.25) is 0 Å². The van der Waals surface area contributed by atoms with Crippen molar-refractivity contribution in [3.8, 4) is 0 Å². The highest BCUT2D eigenvalue weighted by atomic mass is 32.2. The number of hydrogen-bond donors (Lipinski definition) is 0. The lowest BCUT2D eigenvalue weighted by molar-refractivity contribution is 0.497. The predicted octanol–water partition coefficient (Wildman–Crippen LogP) is 8.99. The maximum atomic E-state index is 4.92. The Morgan fingerprint density at radius 2 is 1.10 bits per heavy atom. The van der Waals surface area contributed by atoms with Gasteiger partial charge < -0.3 is 0 Å². The van der Waals surface area contributed by atoms with Crippen molar-refractivity contribution in [3.63, 3.8) is 0 Å². The molecule has 0 bridgehead atoms. The lowest BCUT2D eigenvalue weighted by atomic mass is 10.1. The second-order valence-electron chi connectivity index (χ2n) is 8.94. The van der Waals surface area contributed by atoms with Gasteiger partial charge in [-0.1, -0.05) is 129 Å². The topological polar surface area (TPSA) is 30.7 Å². The van der Waals surface area contributed by atoms with Gasteiger partial charge in [0.2, 0.25) is 5.16 Å². The van der Waals surface area contributed by atoms with Crippen LogP contribution in [-0.4, -0.2) is 20.5 Å². The van der Waals surface area contributed by atoms with Crippen LogP contribution >= 0.6 is 11.8 Å². The van der Waals surface area contributed by atoms with E-state index in [0.29, 0.717) is 0 Å². The Labute approximate surface area is 192 Å². The summed E-state index contributed by atoms with van der Waals surface area (Å²) in [6, 6.07) is 0. The number of aryl methyl sites for hydroxylation is 2. The highest BCUT2D eigenvalue weighted by Crippen LogP contribution is 2.19. The van der Waals surface area contributed by atoms with Crippen LogP contribution < -0.4 is 0 Å². The van der Waals surface area contributed by atoms with E-state index < -0.39 is 0 Å². The lowest BCUT2D eigenvalue weighted by Gasteiger charge is -2.06. The maximum Gasteiger partial charge on any atom is 0.208 e. The molecule has 0 fully saturated rings. The van der Waals surface area contributed by atoms with Crippen LogP contribution in [0.4, 0.5) is 0 Å². The van der Waals surface area contributed by atoms with Crippen molar-refractivity contribution >= 4 is 11.8 Å². The number of aromatic nitrogens is 3. The van der Waals surface area contributed by atoms with E-state index in [2.05, 4.69) is 25.5 Å². The van der Waals surface area contributed by atoms with Gasteiger partial charge in [0.15, 0.2) is 0 Å². The first-order chi connectivity index (χ1) is 14.8. The largest absolute Gasteiger partial charge is 0.249 e. The smallest absolute Gasteiger partial charge is 0.208 e. The summed E-state index contributed by atoms with van der Waals surface area (Å²) < 4.78 is 2.24. The number of unbranched alkanes of at least 4 members (excludes halogenated alkanes) is 15. The van der Waals surface area contributed by atoms with E-state index in [1.165, 1.54) is 127 Å². The van der Waals surface area contributed by atoms with Gasteiger partial charge in [0.25, 0.3) is 0 Å². The first-order valence-electron chi connectivity index (χ1n) is 13.4. The molecule has 0 N–H and O–H groups in total. The first-order valence-corrected chi connectivity index (χ1v) is 14.4. The SMILES string of the molecule is CCCCCCCCCCn1nc(SCCCCCCCC)nc1CCCCCC. The molecule has 1 aromatic rings. The summed E-state index contributed by atoms with van der Waals surface area (Å²) in [5, 5.41) is 5.91. The van der Waals surface area contributed by atoms with Gasteiger partial charge >= 0.3 is 0 Å². The molecule has 0 aliphatic heterocycles. The summed E-state index contributed by atoms with van der Waals surface area (Å²) in [6.07, 6.45) is 25.4. The van der Waals surface area contributed by atoms with Crippen LogP contribution in [0.15, 0.2) is 5.16 Å². The molecule has 1 rings (SSSR count). The summed E-state index contributed by atoms with van der Waals surface area (Å²) in [5.41, 5.74) is 0. The van der Waals surface area contributed by atoms with Gasteiger partial charge in [0.1, 0.15) is 5.82 Å². The minimum absolute atomic E-state index is 1.02. The lowest BCUT2D eigenvalue weighted by Crippen LogP contribution is -2.06. The molecule has 0 amide bonds. The molecule has 0 saturated heterocycles. The molecule has 1 heterocycles. The minimum atomic E-state index is 1.02. The van der Waals surface area contributed by atoms with Crippen molar-refractivity contribution in [3.05, 3.63) is 5.82 Å². The zero-order valence-electron chi connectivity index (χ0n) is 20.6. The van der Waals surface area contributed by atoms with Crippen molar-refractivity contribution in [2.24, 2.45) is 0 Å². The molecule has 0 aliphatic rings. The maximum absolute atomic E-state index is 4.92. The molecule has 0 saturated carbocycles. The predicted molar refractivity (Wildman–Crippen MR) is 135 cm³/mol. The van der Waals surface area contributed by atoms with E-state index in [1.807, 2.05) is 11.8 Å². The van der Waals surface area contributed by atoms with E-state index in [4.69, 9.17) is 10.1 Å². The molecule has 0 atom stereocenters. The van der Waals surface area contributed by atoms with Gasteiger partial charge in [-0.25, -0.2) is 9.67 Å². The highest BCUT2D eigenvalue weighted by Gasteiger charge is 2.10. The van der Waals surface area contributed by atoms with Gasteiger partial charge in [-0.15, -0.1) is 5.10 Å². The number of hydrogen-bond acceptors (Lipinski definition) is 3. The van der Waals surface area contributed by atoms with Gasteiger partial charge in [-0.3, -0.25) is 0 Å². The summed E-state index contributed by atoms with van der Waals surface area (Å²) >= 11 is 1.87. The molecule has 3 nitrogen and oxygen atoms in total. The van der Waals surface area contributed by atoms with E-state index in [0.717, 1.165) is 18.1 Å². The van der Waals surface area contributed by atoms with E-state index in [-0.39, 0.29) is 0 Å². The Kier molecular flexibility index (Phi) is 18.7. The number of nitrogens with zero attached hydrogens (tertiary/aromatic N) is 3. The molecule has 1 aromatic heterocycles. The van der Waals surface area contributed by atoms with Gasteiger partial charge in [0, 0.05) is 18.7 Å². The van der Waals surface area contributed by atoms with Gasteiger partial charge in [-0.05, 0) is 19.3 Å². The van der Waals surface area contributed by atoms with E-state index in [9.17, 15) is 0 Å². The van der Waals surface area contributed by atoms with Crippen LogP contribution in [0, 0.1) is 0 Å². The normalized spacial score (nSPS) is 11.4. The van der Waals surface area contributed by atoms with E-state index in [1.54, 1.807) is 0 Å². The fourth-order valence-corrected chi connectivity index (χ4v) is 4.79. The average Bonchev–Trinajstić information content (AvgIpc) is 3.14. The number of thioether (sulfide) groups is 1. The summed E-state index contributed by atoms with van der Waals surface area (Å²) in [6.45, 7) is 7.91. The number of rotatable bonds is 22. The Morgan fingerprint density at radius 1 is 0.600 bits per heavy atom. The van der Waals surface area contributed by atoms with Crippen LogP contribution in [0.1, 0.15) is 142 Å². The van der Waals surface area contributed by atoms with Crippen LogP contribution in [0.3, 0.4) is 0 Å². The third-order valence-corrected chi connectivity index (χ3v) is 6.86. The fraction of sp³-hybridized carbons (Fsp3) is 0.923. The van der Waals surface area contributed by atoms with E-state index >= 15 is 0 Å². The van der Waals surface area contributed by atoms with Crippen molar-refractivity contribution in [1.29, 1.82) is 0 Å². The second kappa shape index (κ2) is 20.4. The third kappa shape index (κ3) is 14.5. The van der Waals surface area contributed by atoms with Crippen molar-refractivity contribution < 1.29 is 0 Å². The van der Waals surface area contributed by atoms with Crippen molar-refractivity contribution in [2.75, 3.05) is 5.75 Å². The molecule has 176 valence electrons. The van der Waals surface area contributed by atoms with Crippen LogP contribution in [0.5, 0.6) is 0 Å². The van der Waals surface area contributed by atoms with Crippen molar-refractivity contribution in [1.82, 2.24) is 14.8 Å². The zero-order chi connectivity index (χ0) is 21.7. The molecule has 0 aliphatic carbocycles. The molecule has 0 unspecified atom stereocenters. The second-order valence-corrected chi connectivity index (χ2v) is 10.00. The van der Waals surface area contributed by atoms with Gasteiger partial charge in [0.05, 0.1) is 0 Å². The molecule has 0 aromatic carbocycles. The highest BCUT2D eigenvalue weighted by molar-refractivity contribution is 7.99. The molecule has 4 heteroatoms. The third-order valence-electron chi connectivity index (χ3n) is 5.94. The Hall–Kier alpha value is -0.510. The Balaban J connectivity index is 2.34. The molecule has 30 heavy (non-hydrogen) atoms. The molecular formula is C26H51N3S. The van der Waals surface area contributed by atoms with Crippen molar-refractivity contribution in [2.45, 2.75) is 154 Å². The fourth-order valence-electron chi connectivity index (χ4n) is 3.93. The standard InChI is InChI=1S/C26H51N3S/c1-4-7-10-13-15-16-17-20-23-29-25(22-19-12-9-6-3)27-26(28-29)30-24-21-18-14-11-8-5-2/h4-24H2,1-3H3. The van der Waals surface area contributed by atoms with Crippen LogP contribution in [-0.2, 0) is 13.0 Å². The van der Waals surface area contributed by atoms with Crippen LogP contribution in [0.25, 0.3) is 0 Å². The quantitative estimate of drug-likeness (QED) is 0.134. The minimum Gasteiger partial charge on any atom is -0.249 e. The Bertz CT molecular complexity index is 487. The molecule has 0 spiro atoms. The molecular weight excluding hydrogens is 386 g/mol. The zero-order valence-corrected chi connectivity index (χ0v) is 21.4. The monoisotopic (exact) mass is 437 g/mol. The van der Waals surface area contributed by atoms with Gasteiger partial charge in [-0.2, -0.15) is 0 Å².